The Bertz CT molecular complexity index is 382. The Morgan fingerprint density at radius 3 is 2.76 bits per heavy atom. The van der Waals surface area contributed by atoms with Gasteiger partial charge in [0.15, 0.2) is 0 Å². The Morgan fingerprint density at radius 1 is 1.53 bits per heavy atom. The first-order valence-corrected chi connectivity index (χ1v) is 5.94. The molecular weight excluding hydrogens is 216 g/mol. The molecule has 1 amide bonds. The van der Waals surface area contributed by atoms with E-state index in [-0.39, 0.29) is 12.5 Å². The normalized spacial score (nSPS) is 17.3. The number of carbonyl (C=O) groups is 1. The Balaban J connectivity index is 2.00. The third-order valence-electron chi connectivity index (χ3n) is 3.54. The highest BCUT2D eigenvalue weighted by Crippen LogP contribution is 2.41. The second kappa shape index (κ2) is 4.84. The Hall–Kier alpha value is -1.42. The van der Waals surface area contributed by atoms with Gasteiger partial charge in [-0.2, -0.15) is 0 Å². The van der Waals surface area contributed by atoms with Crippen LogP contribution in [-0.4, -0.2) is 34.6 Å². The van der Waals surface area contributed by atoms with Crippen molar-refractivity contribution in [1.29, 1.82) is 0 Å². The largest absolute Gasteiger partial charge is 0.395 e. The van der Waals surface area contributed by atoms with Crippen molar-refractivity contribution in [3.63, 3.8) is 0 Å². The van der Waals surface area contributed by atoms with Crippen molar-refractivity contribution in [2.75, 3.05) is 13.7 Å². The lowest BCUT2D eigenvalue weighted by Gasteiger charge is -2.41. The summed E-state index contributed by atoms with van der Waals surface area (Å²) in [6.45, 7) is 0.458. The van der Waals surface area contributed by atoms with E-state index in [1.165, 1.54) is 0 Å². The zero-order valence-electron chi connectivity index (χ0n) is 10.1. The van der Waals surface area contributed by atoms with Crippen molar-refractivity contribution in [3.05, 3.63) is 30.1 Å². The molecule has 0 saturated heterocycles. The molecule has 1 saturated carbocycles. The molecule has 0 aliphatic heterocycles. The molecule has 1 aliphatic carbocycles. The topological polar surface area (TPSA) is 53.4 Å². The van der Waals surface area contributed by atoms with E-state index in [4.69, 9.17) is 0 Å². The van der Waals surface area contributed by atoms with Crippen molar-refractivity contribution in [1.82, 2.24) is 9.88 Å². The monoisotopic (exact) mass is 234 g/mol. The van der Waals surface area contributed by atoms with Crippen LogP contribution in [0.1, 0.15) is 25.0 Å². The van der Waals surface area contributed by atoms with Crippen molar-refractivity contribution in [2.45, 2.75) is 25.8 Å². The number of rotatable bonds is 4. The van der Waals surface area contributed by atoms with Gasteiger partial charge in [-0.15, -0.1) is 0 Å². The van der Waals surface area contributed by atoms with Crippen LogP contribution < -0.4 is 0 Å². The van der Waals surface area contributed by atoms with Gasteiger partial charge in [0.1, 0.15) is 0 Å². The number of carbonyl (C=O) groups excluding carboxylic acids is 1. The highest BCUT2D eigenvalue weighted by atomic mass is 16.3. The maximum atomic E-state index is 12.2. The van der Waals surface area contributed by atoms with Crippen LogP contribution in [0.25, 0.3) is 0 Å². The van der Waals surface area contributed by atoms with E-state index in [0.29, 0.717) is 6.54 Å². The molecule has 2 rings (SSSR count). The minimum atomic E-state index is -0.510. The maximum Gasteiger partial charge on any atom is 0.231 e. The molecular formula is C13H18N2O2. The summed E-state index contributed by atoms with van der Waals surface area (Å²) in [5, 5.41) is 9.36. The molecule has 1 aromatic heterocycles. The van der Waals surface area contributed by atoms with Gasteiger partial charge in [0.25, 0.3) is 0 Å². The molecule has 0 atom stereocenters. The fraction of sp³-hybridized carbons (Fsp3) is 0.538. The second-order valence-corrected chi connectivity index (χ2v) is 4.77. The van der Waals surface area contributed by atoms with Crippen molar-refractivity contribution < 1.29 is 9.90 Å². The van der Waals surface area contributed by atoms with Gasteiger partial charge in [0.2, 0.25) is 5.91 Å². The minimum Gasteiger partial charge on any atom is -0.395 e. The van der Waals surface area contributed by atoms with E-state index < -0.39 is 5.41 Å². The van der Waals surface area contributed by atoms with Crippen LogP contribution in [0, 0.1) is 5.41 Å². The van der Waals surface area contributed by atoms with Gasteiger partial charge in [-0.1, -0.05) is 12.5 Å². The summed E-state index contributed by atoms with van der Waals surface area (Å²) in [6.07, 6.45) is 4.35. The summed E-state index contributed by atoms with van der Waals surface area (Å²) in [7, 11) is 1.77. The zero-order valence-corrected chi connectivity index (χ0v) is 10.1. The maximum absolute atomic E-state index is 12.2. The molecule has 1 aromatic rings. The summed E-state index contributed by atoms with van der Waals surface area (Å²) in [6, 6.07) is 5.66. The third-order valence-corrected chi connectivity index (χ3v) is 3.54. The van der Waals surface area contributed by atoms with Gasteiger partial charge >= 0.3 is 0 Å². The number of hydrogen-bond acceptors (Lipinski definition) is 3. The number of aromatic nitrogens is 1. The van der Waals surface area contributed by atoms with Gasteiger partial charge in [0.05, 0.1) is 24.3 Å². The summed E-state index contributed by atoms with van der Waals surface area (Å²) in [5.74, 6) is 0.0388. The lowest BCUT2D eigenvalue weighted by atomic mass is 9.68. The van der Waals surface area contributed by atoms with Crippen LogP contribution in [0.2, 0.25) is 0 Å². The standard InChI is InChI=1S/C13H18N2O2/c1-15(9-11-5-2-3-8-14-11)12(17)13(10-16)6-4-7-13/h2-3,5,8,16H,4,6-7,9-10H2,1H3. The number of aliphatic hydroxyl groups excluding tert-OH is 1. The van der Waals surface area contributed by atoms with E-state index in [1.807, 2.05) is 18.2 Å². The summed E-state index contributed by atoms with van der Waals surface area (Å²) >= 11 is 0. The Kier molecular flexibility index (Phi) is 3.43. The SMILES string of the molecule is CN(Cc1ccccn1)C(=O)C1(CO)CCC1. The molecule has 1 heterocycles. The number of pyridine rings is 1. The Morgan fingerprint density at radius 2 is 2.29 bits per heavy atom. The van der Waals surface area contributed by atoms with E-state index in [0.717, 1.165) is 25.0 Å². The van der Waals surface area contributed by atoms with Crippen LogP contribution in [0.4, 0.5) is 0 Å². The van der Waals surface area contributed by atoms with Crippen LogP contribution in [0.5, 0.6) is 0 Å². The molecule has 0 spiro atoms. The molecule has 0 bridgehead atoms. The first-order chi connectivity index (χ1) is 8.18. The molecule has 4 nitrogen and oxygen atoms in total. The van der Waals surface area contributed by atoms with E-state index in [2.05, 4.69) is 4.98 Å². The molecule has 92 valence electrons. The zero-order chi connectivity index (χ0) is 12.3. The molecule has 1 N–H and O–H groups in total. The van der Waals surface area contributed by atoms with Crippen LogP contribution in [0.15, 0.2) is 24.4 Å². The van der Waals surface area contributed by atoms with Crippen LogP contribution >= 0.6 is 0 Å². The average Bonchev–Trinajstić information content (AvgIpc) is 2.29. The fourth-order valence-corrected chi connectivity index (χ4v) is 2.25. The molecule has 4 heteroatoms. The van der Waals surface area contributed by atoms with E-state index >= 15 is 0 Å². The summed E-state index contributed by atoms with van der Waals surface area (Å²) < 4.78 is 0. The molecule has 0 radical (unpaired) electrons. The van der Waals surface area contributed by atoms with Gasteiger partial charge in [-0.05, 0) is 25.0 Å². The third kappa shape index (κ3) is 2.31. The predicted molar refractivity (Wildman–Crippen MR) is 64.1 cm³/mol. The Labute approximate surface area is 101 Å². The van der Waals surface area contributed by atoms with Gasteiger partial charge < -0.3 is 10.0 Å². The first-order valence-electron chi connectivity index (χ1n) is 5.94. The number of hydrogen-bond donors (Lipinski definition) is 1. The summed E-state index contributed by atoms with van der Waals surface area (Å²) in [4.78, 5) is 18.1. The van der Waals surface area contributed by atoms with E-state index in [9.17, 15) is 9.90 Å². The van der Waals surface area contributed by atoms with Crippen molar-refractivity contribution >= 4 is 5.91 Å². The highest BCUT2D eigenvalue weighted by molar-refractivity contribution is 5.83. The molecule has 1 fully saturated rings. The minimum absolute atomic E-state index is 0.0388. The van der Waals surface area contributed by atoms with Gasteiger partial charge in [-0.25, -0.2) is 0 Å². The smallest absolute Gasteiger partial charge is 0.231 e. The van der Waals surface area contributed by atoms with Crippen molar-refractivity contribution in [2.24, 2.45) is 5.41 Å². The average molecular weight is 234 g/mol. The van der Waals surface area contributed by atoms with E-state index in [1.54, 1.807) is 18.1 Å². The molecule has 17 heavy (non-hydrogen) atoms. The first kappa shape index (κ1) is 12.0. The summed E-state index contributed by atoms with van der Waals surface area (Å²) in [5.41, 5.74) is 0.361. The molecule has 0 unspecified atom stereocenters. The van der Waals surface area contributed by atoms with Gasteiger partial charge in [0, 0.05) is 13.2 Å². The number of nitrogens with zero attached hydrogens (tertiary/aromatic N) is 2. The number of amides is 1. The second-order valence-electron chi connectivity index (χ2n) is 4.77. The quantitative estimate of drug-likeness (QED) is 0.851. The predicted octanol–water partition coefficient (Wildman–Crippen LogP) is 1.20. The number of aliphatic hydroxyl groups is 1. The fourth-order valence-electron chi connectivity index (χ4n) is 2.25. The van der Waals surface area contributed by atoms with Crippen LogP contribution in [0.3, 0.4) is 0 Å². The van der Waals surface area contributed by atoms with Gasteiger partial charge in [-0.3, -0.25) is 9.78 Å². The highest BCUT2D eigenvalue weighted by Gasteiger charge is 2.45. The van der Waals surface area contributed by atoms with Crippen LogP contribution in [-0.2, 0) is 11.3 Å². The lowest BCUT2D eigenvalue weighted by molar-refractivity contribution is -0.150. The van der Waals surface area contributed by atoms with Crippen molar-refractivity contribution in [3.8, 4) is 0 Å². The molecule has 0 aromatic carbocycles. The molecule has 1 aliphatic rings. The lowest BCUT2D eigenvalue weighted by Crippen LogP contribution is -2.48.